The molecule has 3 nitrogen and oxygen atoms in total. The molecule has 0 atom stereocenters. The van der Waals surface area contributed by atoms with Gasteiger partial charge in [0.15, 0.2) is 5.78 Å². The molecule has 0 aliphatic rings. The lowest BCUT2D eigenvalue weighted by atomic mass is 10.1. The van der Waals surface area contributed by atoms with Crippen molar-refractivity contribution in [1.29, 1.82) is 0 Å². The molecule has 0 unspecified atom stereocenters. The first-order valence-corrected chi connectivity index (χ1v) is 6.93. The second kappa shape index (κ2) is 7.29. The summed E-state index contributed by atoms with van der Waals surface area (Å²) in [7, 11) is 1.63. The van der Waals surface area contributed by atoms with Crippen molar-refractivity contribution >= 4 is 11.5 Å². The average Bonchev–Trinajstić information content (AvgIpc) is 2.55. The molecule has 108 valence electrons. The Labute approximate surface area is 125 Å². The van der Waals surface area contributed by atoms with Gasteiger partial charge in [0, 0.05) is 23.5 Å². The predicted octanol–water partition coefficient (Wildman–Crippen LogP) is 4.07. The van der Waals surface area contributed by atoms with E-state index in [1.165, 1.54) is 11.6 Å². The zero-order chi connectivity index (χ0) is 15.1. The lowest BCUT2D eigenvalue weighted by molar-refractivity contribution is 0.104. The smallest absolute Gasteiger partial charge is 0.187 e. The van der Waals surface area contributed by atoms with Crippen LogP contribution < -0.4 is 10.1 Å². The van der Waals surface area contributed by atoms with E-state index in [-0.39, 0.29) is 5.78 Å². The first kappa shape index (κ1) is 14.9. The van der Waals surface area contributed by atoms with E-state index in [1.807, 2.05) is 48.5 Å². The molecule has 21 heavy (non-hydrogen) atoms. The molecule has 1 N–H and O–H groups in total. The normalized spacial score (nSPS) is 10.6. The maximum absolute atomic E-state index is 12.0. The molecular weight excluding hydrogens is 262 g/mol. The predicted molar refractivity (Wildman–Crippen MR) is 85.9 cm³/mol. The number of ketones is 1. The quantitative estimate of drug-likeness (QED) is 0.641. The molecule has 0 aromatic heterocycles. The Morgan fingerprint density at radius 2 is 1.76 bits per heavy atom. The van der Waals surface area contributed by atoms with Gasteiger partial charge < -0.3 is 10.1 Å². The van der Waals surface area contributed by atoms with Crippen molar-refractivity contribution in [1.82, 2.24) is 0 Å². The Bertz CT molecular complexity index is 613. The van der Waals surface area contributed by atoms with Crippen LogP contribution in [0.3, 0.4) is 0 Å². The lowest BCUT2D eigenvalue weighted by Gasteiger charge is -2.03. The van der Waals surface area contributed by atoms with Crippen LogP contribution in [-0.4, -0.2) is 12.9 Å². The van der Waals surface area contributed by atoms with Gasteiger partial charge in [-0.2, -0.15) is 0 Å². The van der Waals surface area contributed by atoms with Crippen LogP contribution in [0.1, 0.15) is 22.8 Å². The minimum atomic E-state index is -0.0151. The molecule has 0 spiro atoms. The number of hydrogen-bond acceptors (Lipinski definition) is 3. The number of allylic oxidation sites excluding steroid dienone is 1. The fourth-order valence-electron chi connectivity index (χ4n) is 1.90. The van der Waals surface area contributed by atoms with Gasteiger partial charge in [0.2, 0.25) is 0 Å². The third-order valence-corrected chi connectivity index (χ3v) is 3.22. The summed E-state index contributed by atoms with van der Waals surface area (Å²) in [6, 6.07) is 15.2. The zero-order valence-electron chi connectivity index (χ0n) is 12.3. The topological polar surface area (TPSA) is 38.3 Å². The summed E-state index contributed by atoms with van der Waals surface area (Å²) in [6.07, 6.45) is 4.16. The number of benzene rings is 2. The van der Waals surface area contributed by atoms with Crippen LogP contribution >= 0.6 is 0 Å². The molecule has 0 saturated carbocycles. The van der Waals surface area contributed by atoms with Crippen LogP contribution in [0.15, 0.2) is 60.8 Å². The molecule has 0 aliphatic carbocycles. The van der Waals surface area contributed by atoms with Gasteiger partial charge in [-0.15, -0.1) is 0 Å². The average molecular weight is 281 g/mol. The van der Waals surface area contributed by atoms with Gasteiger partial charge >= 0.3 is 0 Å². The highest BCUT2D eigenvalue weighted by molar-refractivity contribution is 6.04. The fraction of sp³-hybridized carbons (Fsp3) is 0.167. The zero-order valence-corrected chi connectivity index (χ0v) is 12.3. The number of carbonyl (C=O) groups is 1. The van der Waals surface area contributed by atoms with Gasteiger partial charge in [-0.05, 0) is 36.2 Å². The molecule has 0 radical (unpaired) electrons. The van der Waals surface area contributed by atoms with Crippen molar-refractivity contribution < 1.29 is 9.53 Å². The number of nitrogens with one attached hydrogen (secondary N) is 1. The standard InChI is InChI=1S/C18H19NO2/c1-3-14-4-6-15(7-5-14)18(20)12-13-19-16-8-10-17(21-2)11-9-16/h4-13,19H,3H2,1-2H3. The van der Waals surface area contributed by atoms with Gasteiger partial charge in [-0.25, -0.2) is 0 Å². The molecular formula is C18H19NO2. The van der Waals surface area contributed by atoms with E-state index in [0.29, 0.717) is 5.56 Å². The van der Waals surface area contributed by atoms with E-state index in [4.69, 9.17) is 4.74 Å². The van der Waals surface area contributed by atoms with Gasteiger partial charge in [-0.3, -0.25) is 4.79 Å². The highest BCUT2D eigenvalue weighted by Gasteiger charge is 2.00. The number of ether oxygens (including phenoxy) is 1. The molecule has 0 bridgehead atoms. The van der Waals surface area contributed by atoms with E-state index in [9.17, 15) is 4.79 Å². The number of aryl methyl sites for hydroxylation is 1. The van der Waals surface area contributed by atoms with E-state index >= 15 is 0 Å². The summed E-state index contributed by atoms with van der Waals surface area (Å²) in [5.41, 5.74) is 2.83. The third-order valence-electron chi connectivity index (χ3n) is 3.22. The maximum atomic E-state index is 12.0. The van der Waals surface area contributed by atoms with Crippen LogP contribution in [-0.2, 0) is 6.42 Å². The van der Waals surface area contributed by atoms with Gasteiger partial charge in [0.05, 0.1) is 7.11 Å². The Morgan fingerprint density at radius 3 is 2.33 bits per heavy atom. The molecule has 0 amide bonds. The maximum Gasteiger partial charge on any atom is 0.187 e. The molecule has 0 heterocycles. The highest BCUT2D eigenvalue weighted by atomic mass is 16.5. The van der Waals surface area contributed by atoms with E-state index in [1.54, 1.807) is 13.3 Å². The second-order valence-electron chi connectivity index (χ2n) is 4.62. The molecule has 0 saturated heterocycles. The third kappa shape index (κ3) is 4.21. The lowest BCUT2D eigenvalue weighted by Crippen LogP contribution is -1.96. The number of hydrogen-bond donors (Lipinski definition) is 1. The molecule has 2 aromatic carbocycles. The summed E-state index contributed by atoms with van der Waals surface area (Å²) in [6.45, 7) is 2.09. The Hall–Kier alpha value is -2.55. The van der Waals surface area contributed by atoms with Crippen molar-refractivity contribution in [2.45, 2.75) is 13.3 Å². The second-order valence-corrected chi connectivity index (χ2v) is 4.62. The first-order valence-electron chi connectivity index (χ1n) is 6.93. The Balaban J connectivity index is 1.94. The van der Waals surface area contributed by atoms with Crippen LogP contribution in [0.2, 0.25) is 0 Å². The Morgan fingerprint density at radius 1 is 1.10 bits per heavy atom. The van der Waals surface area contributed by atoms with Gasteiger partial charge in [0.1, 0.15) is 5.75 Å². The van der Waals surface area contributed by atoms with Crippen molar-refractivity contribution in [3.8, 4) is 5.75 Å². The van der Waals surface area contributed by atoms with Crippen molar-refractivity contribution in [2.75, 3.05) is 12.4 Å². The number of rotatable bonds is 6. The number of carbonyl (C=O) groups excluding carboxylic acids is 1. The summed E-state index contributed by atoms with van der Waals surface area (Å²) in [5, 5.41) is 3.06. The summed E-state index contributed by atoms with van der Waals surface area (Å²) in [5.74, 6) is 0.787. The molecule has 0 aliphatic heterocycles. The SMILES string of the molecule is CCc1ccc(C(=O)C=CNc2ccc(OC)cc2)cc1. The minimum absolute atomic E-state index is 0.0151. The van der Waals surface area contributed by atoms with Crippen molar-refractivity contribution in [2.24, 2.45) is 0 Å². The van der Waals surface area contributed by atoms with Crippen molar-refractivity contribution in [3.63, 3.8) is 0 Å². The summed E-state index contributed by atoms with van der Waals surface area (Å²) in [4.78, 5) is 12.0. The van der Waals surface area contributed by atoms with Crippen LogP contribution in [0.4, 0.5) is 5.69 Å². The number of anilines is 1. The summed E-state index contributed by atoms with van der Waals surface area (Å²) >= 11 is 0. The van der Waals surface area contributed by atoms with E-state index in [2.05, 4.69) is 12.2 Å². The minimum Gasteiger partial charge on any atom is -0.497 e. The van der Waals surface area contributed by atoms with Crippen molar-refractivity contribution in [3.05, 3.63) is 71.9 Å². The molecule has 0 fully saturated rings. The van der Waals surface area contributed by atoms with E-state index in [0.717, 1.165) is 17.9 Å². The summed E-state index contributed by atoms with van der Waals surface area (Å²) < 4.78 is 5.09. The number of methoxy groups -OCH3 is 1. The Kier molecular flexibility index (Phi) is 5.16. The van der Waals surface area contributed by atoms with Gasteiger partial charge in [0.25, 0.3) is 0 Å². The highest BCUT2D eigenvalue weighted by Crippen LogP contribution is 2.15. The molecule has 2 aromatic rings. The first-order chi connectivity index (χ1) is 10.2. The van der Waals surface area contributed by atoms with Crippen LogP contribution in [0, 0.1) is 0 Å². The van der Waals surface area contributed by atoms with Gasteiger partial charge in [-0.1, -0.05) is 31.2 Å². The molecule has 3 heteroatoms. The van der Waals surface area contributed by atoms with E-state index < -0.39 is 0 Å². The fourth-order valence-corrected chi connectivity index (χ4v) is 1.90. The largest absolute Gasteiger partial charge is 0.497 e. The van der Waals surface area contributed by atoms with Crippen LogP contribution in [0.5, 0.6) is 5.75 Å². The van der Waals surface area contributed by atoms with Crippen LogP contribution in [0.25, 0.3) is 0 Å². The molecule has 2 rings (SSSR count). The monoisotopic (exact) mass is 281 g/mol.